The summed E-state index contributed by atoms with van der Waals surface area (Å²) in [5, 5.41) is 0.967. The highest BCUT2D eigenvalue weighted by atomic mass is 16.2. The summed E-state index contributed by atoms with van der Waals surface area (Å²) in [6, 6.07) is 7.82. The van der Waals surface area contributed by atoms with Crippen molar-refractivity contribution in [3.63, 3.8) is 0 Å². The largest absolute Gasteiger partial charge is 0.338 e. The van der Waals surface area contributed by atoms with Crippen molar-refractivity contribution < 1.29 is 4.79 Å². The number of hydrogen-bond acceptors (Lipinski definition) is 3. The number of amides is 1. The van der Waals surface area contributed by atoms with E-state index in [-0.39, 0.29) is 5.91 Å². The van der Waals surface area contributed by atoms with Crippen LogP contribution in [-0.2, 0) is 0 Å². The number of likely N-dealkylation sites (tertiary alicyclic amines) is 1. The van der Waals surface area contributed by atoms with E-state index in [4.69, 9.17) is 0 Å². The van der Waals surface area contributed by atoms with Gasteiger partial charge in [0.15, 0.2) is 0 Å². The Morgan fingerprint density at radius 3 is 3.00 bits per heavy atom. The van der Waals surface area contributed by atoms with Gasteiger partial charge in [-0.1, -0.05) is 6.92 Å². The number of piperidine rings is 1. The van der Waals surface area contributed by atoms with Crippen LogP contribution in [0.1, 0.15) is 30.1 Å². The number of rotatable bonds is 2. The Labute approximate surface area is 140 Å². The third kappa shape index (κ3) is 2.66. The van der Waals surface area contributed by atoms with Crippen LogP contribution in [0.15, 0.2) is 49.1 Å². The monoisotopic (exact) mass is 320 g/mol. The molecule has 4 rings (SSSR count). The van der Waals surface area contributed by atoms with E-state index in [2.05, 4.69) is 16.9 Å². The van der Waals surface area contributed by atoms with Crippen molar-refractivity contribution in [1.82, 2.24) is 19.4 Å². The van der Waals surface area contributed by atoms with Gasteiger partial charge >= 0.3 is 0 Å². The van der Waals surface area contributed by atoms with Crippen molar-refractivity contribution in [1.29, 1.82) is 0 Å². The fourth-order valence-electron chi connectivity index (χ4n) is 3.40. The Bertz CT molecular complexity index is 871. The maximum absolute atomic E-state index is 12.7. The van der Waals surface area contributed by atoms with Crippen molar-refractivity contribution in [2.24, 2.45) is 5.92 Å². The van der Waals surface area contributed by atoms with Gasteiger partial charge in [-0.05, 0) is 43.0 Å². The molecule has 0 N–H and O–H groups in total. The molecule has 5 heteroatoms. The molecular formula is C19H20N4O. The number of carbonyl (C=O) groups excluding carboxylic acids is 1. The van der Waals surface area contributed by atoms with Crippen molar-refractivity contribution >= 4 is 16.9 Å². The number of nitrogens with zero attached hydrogens (tertiary/aromatic N) is 4. The third-order valence-corrected chi connectivity index (χ3v) is 4.64. The smallest absolute Gasteiger partial charge is 0.255 e. The second-order valence-electron chi connectivity index (χ2n) is 6.53. The molecule has 1 saturated heterocycles. The number of pyridine rings is 2. The van der Waals surface area contributed by atoms with E-state index in [1.54, 1.807) is 18.6 Å². The minimum absolute atomic E-state index is 0.0880. The van der Waals surface area contributed by atoms with Gasteiger partial charge < -0.3 is 4.90 Å². The molecule has 1 fully saturated rings. The molecule has 0 aliphatic carbocycles. The number of hydrogen-bond donors (Lipinski definition) is 0. The minimum Gasteiger partial charge on any atom is -0.338 e. The fourth-order valence-corrected chi connectivity index (χ4v) is 3.40. The Balaban J connectivity index is 1.66. The van der Waals surface area contributed by atoms with Crippen molar-refractivity contribution in [3.05, 3.63) is 54.6 Å². The molecule has 0 spiro atoms. The summed E-state index contributed by atoms with van der Waals surface area (Å²) < 4.78 is 1.99. The van der Waals surface area contributed by atoms with Crippen molar-refractivity contribution in [2.45, 2.75) is 19.8 Å². The summed E-state index contributed by atoms with van der Waals surface area (Å²) in [5.41, 5.74) is 2.47. The third-order valence-electron chi connectivity index (χ3n) is 4.64. The van der Waals surface area contributed by atoms with Crippen LogP contribution in [0.2, 0.25) is 0 Å². The van der Waals surface area contributed by atoms with Gasteiger partial charge in [-0.2, -0.15) is 0 Å². The van der Waals surface area contributed by atoms with Crippen LogP contribution < -0.4 is 0 Å². The molecule has 4 heterocycles. The van der Waals surface area contributed by atoms with Gasteiger partial charge in [-0.15, -0.1) is 0 Å². The van der Waals surface area contributed by atoms with E-state index in [1.807, 2.05) is 39.9 Å². The predicted molar refractivity (Wildman–Crippen MR) is 93.2 cm³/mol. The van der Waals surface area contributed by atoms with Crippen molar-refractivity contribution in [2.75, 3.05) is 13.1 Å². The van der Waals surface area contributed by atoms with Crippen molar-refractivity contribution in [3.8, 4) is 5.69 Å². The van der Waals surface area contributed by atoms with Crippen LogP contribution in [0.25, 0.3) is 16.7 Å². The molecule has 122 valence electrons. The highest BCUT2D eigenvalue weighted by Crippen LogP contribution is 2.22. The van der Waals surface area contributed by atoms with Gasteiger partial charge in [0.25, 0.3) is 5.91 Å². The topological polar surface area (TPSA) is 51.0 Å². The fraction of sp³-hybridized carbons (Fsp3) is 0.316. The minimum atomic E-state index is 0.0880. The molecule has 1 aliphatic rings. The molecule has 0 unspecified atom stereocenters. The Morgan fingerprint density at radius 2 is 2.21 bits per heavy atom. The molecule has 5 nitrogen and oxygen atoms in total. The Hall–Kier alpha value is -2.69. The first kappa shape index (κ1) is 14.9. The lowest BCUT2D eigenvalue weighted by Crippen LogP contribution is -2.39. The highest BCUT2D eigenvalue weighted by Gasteiger charge is 2.22. The molecule has 1 amide bonds. The van der Waals surface area contributed by atoms with Crippen LogP contribution in [0.4, 0.5) is 0 Å². The highest BCUT2D eigenvalue weighted by molar-refractivity contribution is 5.97. The molecule has 0 saturated carbocycles. The first-order valence-corrected chi connectivity index (χ1v) is 8.39. The number of fused-ring (bicyclic) bond motifs is 1. The standard InChI is InChI=1S/C19H20N4O/c1-14-4-3-8-22(13-14)19(24)16-10-15-6-9-23(18(15)21-11-16)17-5-2-7-20-12-17/h2,5-7,9-12,14H,3-4,8,13H2,1H3/t14-/m0/s1. The zero-order chi connectivity index (χ0) is 16.5. The second-order valence-corrected chi connectivity index (χ2v) is 6.53. The lowest BCUT2D eigenvalue weighted by atomic mass is 9.99. The Kier molecular flexibility index (Phi) is 3.76. The summed E-state index contributed by atoms with van der Waals surface area (Å²) in [6.45, 7) is 3.89. The molecule has 3 aromatic rings. The molecule has 0 bridgehead atoms. The molecule has 0 aromatic carbocycles. The summed E-state index contributed by atoms with van der Waals surface area (Å²) in [4.78, 5) is 23.4. The summed E-state index contributed by atoms with van der Waals surface area (Å²) in [5.74, 6) is 0.663. The van der Waals surface area contributed by atoms with Gasteiger partial charge in [-0.3, -0.25) is 14.3 Å². The van der Waals surface area contributed by atoms with Gasteiger partial charge in [0.05, 0.1) is 17.4 Å². The quantitative estimate of drug-likeness (QED) is 0.728. The summed E-state index contributed by atoms with van der Waals surface area (Å²) >= 11 is 0. The van der Waals surface area contributed by atoms with Gasteiger partial charge in [0, 0.05) is 37.1 Å². The van der Waals surface area contributed by atoms with Gasteiger partial charge in [-0.25, -0.2) is 4.98 Å². The van der Waals surface area contributed by atoms with E-state index >= 15 is 0 Å². The molecule has 3 aromatic heterocycles. The zero-order valence-electron chi connectivity index (χ0n) is 13.7. The first-order chi connectivity index (χ1) is 11.7. The van der Waals surface area contributed by atoms with Gasteiger partial charge in [0.2, 0.25) is 0 Å². The maximum atomic E-state index is 12.7. The van der Waals surface area contributed by atoms with Crippen LogP contribution in [0.5, 0.6) is 0 Å². The van der Waals surface area contributed by atoms with Crippen LogP contribution in [-0.4, -0.2) is 38.4 Å². The summed E-state index contributed by atoms with van der Waals surface area (Å²) in [6.07, 6.45) is 9.49. The van der Waals surface area contributed by atoms with E-state index in [1.165, 1.54) is 6.42 Å². The average Bonchev–Trinajstić information content (AvgIpc) is 3.05. The second kappa shape index (κ2) is 6.07. The average molecular weight is 320 g/mol. The molecular weight excluding hydrogens is 300 g/mol. The number of aromatic nitrogens is 3. The summed E-state index contributed by atoms with van der Waals surface area (Å²) in [7, 11) is 0. The van der Waals surface area contributed by atoms with E-state index in [0.717, 1.165) is 36.2 Å². The van der Waals surface area contributed by atoms with Gasteiger partial charge in [0.1, 0.15) is 5.65 Å². The normalized spacial score (nSPS) is 18.0. The molecule has 1 atom stereocenters. The lowest BCUT2D eigenvalue weighted by Gasteiger charge is -2.30. The Morgan fingerprint density at radius 1 is 1.29 bits per heavy atom. The van der Waals surface area contributed by atoms with E-state index in [0.29, 0.717) is 11.5 Å². The lowest BCUT2D eigenvalue weighted by molar-refractivity contribution is 0.0683. The SMILES string of the molecule is C[C@H]1CCCN(C(=O)c2cnc3c(ccn3-c3cccnc3)c2)C1. The van der Waals surface area contributed by atoms with E-state index < -0.39 is 0 Å². The van der Waals surface area contributed by atoms with Crippen LogP contribution >= 0.6 is 0 Å². The first-order valence-electron chi connectivity index (χ1n) is 8.39. The van der Waals surface area contributed by atoms with Crippen LogP contribution in [0.3, 0.4) is 0 Å². The van der Waals surface area contributed by atoms with Crippen LogP contribution in [0, 0.1) is 5.92 Å². The predicted octanol–water partition coefficient (Wildman–Crippen LogP) is 3.29. The number of carbonyl (C=O) groups is 1. The van der Waals surface area contributed by atoms with E-state index in [9.17, 15) is 4.79 Å². The zero-order valence-corrected chi connectivity index (χ0v) is 13.7. The maximum Gasteiger partial charge on any atom is 0.255 e. The molecule has 0 radical (unpaired) electrons. The molecule has 1 aliphatic heterocycles. The molecule has 24 heavy (non-hydrogen) atoms.